The van der Waals surface area contributed by atoms with E-state index in [4.69, 9.17) is 21.1 Å². The van der Waals surface area contributed by atoms with Gasteiger partial charge in [-0.3, -0.25) is 0 Å². The van der Waals surface area contributed by atoms with E-state index in [0.29, 0.717) is 22.2 Å². The van der Waals surface area contributed by atoms with Gasteiger partial charge in [0.1, 0.15) is 0 Å². The summed E-state index contributed by atoms with van der Waals surface area (Å²) in [4.78, 5) is 11.7. The first kappa shape index (κ1) is 12.8. The second kappa shape index (κ2) is 5.35. The maximum Gasteiger partial charge on any atom is 0.319 e. The number of fused-ring (bicyclic) bond motifs is 1. The van der Waals surface area contributed by atoms with Crippen LogP contribution in [0.3, 0.4) is 0 Å². The van der Waals surface area contributed by atoms with Gasteiger partial charge < -0.3 is 20.1 Å². The van der Waals surface area contributed by atoms with Gasteiger partial charge in [-0.1, -0.05) is 18.5 Å². The van der Waals surface area contributed by atoms with Gasteiger partial charge in [-0.2, -0.15) is 0 Å². The second-order valence-electron chi connectivity index (χ2n) is 4.09. The molecule has 1 aliphatic heterocycles. The lowest BCUT2D eigenvalue weighted by Gasteiger charge is -2.13. The number of carbonyl (C=O) groups excluding carboxylic acids is 1. The summed E-state index contributed by atoms with van der Waals surface area (Å²) in [5.74, 6) is 1.17. The van der Waals surface area contributed by atoms with Gasteiger partial charge in [0, 0.05) is 18.2 Å². The Kier molecular flexibility index (Phi) is 3.81. The summed E-state index contributed by atoms with van der Waals surface area (Å²) in [6, 6.07) is 3.10. The van der Waals surface area contributed by atoms with Crippen LogP contribution in [0.4, 0.5) is 10.5 Å². The van der Waals surface area contributed by atoms with Crippen molar-refractivity contribution in [3.05, 3.63) is 17.2 Å². The summed E-state index contributed by atoms with van der Waals surface area (Å²) in [6.07, 6.45) is 0.863. The van der Waals surface area contributed by atoms with Gasteiger partial charge in [0.15, 0.2) is 11.5 Å². The van der Waals surface area contributed by atoms with Gasteiger partial charge in [0.2, 0.25) is 6.79 Å². The van der Waals surface area contributed by atoms with Crippen molar-refractivity contribution >= 4 is 23.3 Å². The van der Waals surface area contributed by atoms with Gasteiger partial charge in [-0.15, -0.1) is 0 Å². The second-order valence-corrected chi connectivity index (χ2v) is 4.50. The zero-order valence-corrected chi connectivity index (χ0v) is 11.0. The molecule has 0 bridgehead atoms. The van der Waals surface area contributed by atoms with E-state index in [1.165, 1.54) is 0 Å². The first-order valence-electron chi connectivity index (χ1n) is 5.76. The number of carbonyl (C=O) groups is 1. The molecular formula is C12H15ClN2O3. The number of ether oxygens (including phenoxy) is 2. The number of anilines is 1. The molecule has 18 heavy (non-hydrogen) atoms. The van der Waals surface area contributed by atoms with Crippen molar-refractivity contribution in [1.29, 1.82) is 0 Å². The van der Waals surface area contributed by atoms with Crippen molar-refractivity contribution in [2.24, 2.45) is 0 Å². The average molecular weight is 271 g/mol. The fourth-order valence-electron chi connectivity index (χ4n) is 1.50. The van der Waals surface area contributed by atoms with E-state index < -0.39 is 0 Å². The lowest BCUT2D eigenvalue weighted by atomic mass is 10.2. The molecule has 0 aromatic heterocycles. The van der Waals surface area contributed by atoms with Crippen LogP contribution in [-0.2, 0) is 0 Å². The van der Waals surface area contributed by atoms with Crippen LogP contribution in [0.15, 0.2) is 12.1 Å². The lowest BCUT2D eigenvalue weighted by Crippen LogP contribution is -2.35. The largest absolute Gasteiger partial charge is 0.454 e. The maximum atomic E-state index is 11.7. The third kappa shape index (κ3) is 2.79. The Labute approximate surface area is 110 Å². The van der Waals surface area contributed by atoms with Crippen LogP contribution in [0.2, 0.25) is 5.02 Å². The van der Waals surface area contributed by atoms with Crippen molar-refractivity contribution in [3.8, 4) is 11.5 Å². The van der Waals surface area contributed by atoms with Crippen molar-refractivity contribution in [2.75, 3.05) is 12.1 Å². The summed E-state index contributed by atoms with van der Waals surface area (Å²) in [5, 5.41) is 5.90. The van der Waals surface area contributed by atoms with Gasteiger partial charge >= 0.3 is 6.03 Å². The minimum Gasteiger partial charge on any atom is -0.454 e. The minimum atomic E-state index is -0.287. The van der Waals surface area contributed by atoms with E-state index in [1.807, 2.05) is 13.8 Å². The molecule has 2 N–H and O–H groups in total. The zero-order valence-electron chi connectivity index (χ0n) is 10.2. The summed E-state index contributed by atoms with van der Waals surface area (Å²) in [7, 11) is 0. The van der Waals surface area contributed by atoms with Crippen LogP contribution in [-0.4, -0.2) is 18.9 Å². The highest BCUT2D eigenvalue weighted by atomic mass is 35.5. The number of hydrogen-bond acceptors (Lipinski definition) is 3. The highest BCUT2D eigenvalue weighted by molar-refractivity contribution is 6.34. The molecule has 1 aliphatic rings. The van der Waals surface area contributed by atoms with Gasteiger partial charge in [0.05, 0.1) is 10.7 Å². The first-order valence-corrected chi connectivity index (χ1v) is 6.14. The zero-order chi connectivity index (χ0) is 13.1. The summed E-state index contributed by atoms with van der Waals surface area (Å²) >= 11 is 6.04. The number of halogens is 1. The van der Waals surface area contributed by atoms with E-state index in [-0.39, 0.29) is 18.9 Å². The monoisotopic (exact) mass is 270 g/mol. The highest BCUT2D eigenvalue weighted by Gasteiger charge is 2.17. The molecule has 98 valence electrons. The highest BCUT2D eigenvalue weighted by Crippen LogP contribution is 2.39. The standard InChI is InChI=1S/C12H15ClN2O3/c1-3-7(2)14-12(16)15-9-5-11-10(4-8(9)13)17-6-18-11/h4-5,7H,3,6H2,1-2H3,(H2,14,15,16). The van der Waals surface area contributed by atoms with Crippen LogP contribution in [0.1, 0.15) is 20.3 Å². The fourth-order valence-corrected chi connectivity index (χ4v) is 1.70. The van der Waals surface area contributed by atoms with Crippen molar-refractivity contribution in [2.45, 2.75) is 26.3 Å². The Morgan fingerprint density at radius 3 is 2.78 bits per heavy atom. The quantitative estimate of drug-likeness (QED) is 0.888. The van der Waals surface area contributed by atoms with Gasteiger partial charge in [-0.25, -0.2) is 4.79 Å². The molecule has 0 saturated carbocycles. The van der Waals surface area contributed by atoms with Crippen molar-refractivity contribution < 1.29 is 14.3 Å². The Morgan fingerprint density at radius 1 is 1.44 bits per heavy atom. The molecule has 6 heteroatoms. The molecule has 1 heterocycles. The Morgan fingerprint density at radius 2 is 2.11 bits per heavy atom. The molecular weight excluding hydrogens is 256 g/mol. The molecule has 2 rings (SSSR count). The molecule has 1 aromatic rings. The van der Waals surface area contributed by atoms with E-state index in [9.17, 15) is 4.79 Å². The van der Waals surface area contributed by atoms with Crippen LogP contribution in [0.5, 0.6) is 11.5 Å². The lowest BCUT2D eigenvalue weighted by molar-refractivity contribution is 0.174. The van der Waals surface area contributed by atoms with Gasteiger partial charge in [-0.05, 0) is 13.3 Å². The van der Waals surface area contributed by atoms with Crippen molar-refractivity contribution in [3.63, 3.8) is 0 Å². The Bertz CT molecular complexity index is 465. The Hall–Kier alpha value is -1.62. The average Bonchev–Trinajstić information content (AvgIpc) is 2.76. The molecule has 0 spiro atoms. The maximum absolute atomic E-state index is 11.7. The van der Waals surface area contributed by atoms with Crippen molar-refractivity contribution in [1.82, 2.24) is 5.32 Å². The topological polar surface area (TPSA) is 59.6 Å². The third-order valence-electron chi connectivity index (χ3n) is 2.70. The summed E-state index contributed by atoms with van der Waals surface area (Å²) < 4.78 is 10.4. The number of nitrogens with one attached hydrogen (secondary N) is 2. The SMILES string of the molecule is CCC(C)NC(=O)Nc1cc2c(cc1Cl)OCO2. The number of rotatable bonds is 3. The number of amides is 2. The summed E-state index contributed by atoms with van der Waals surface area (Å²) in [5.41, 5.74) is 0.502. The molecule has 1 atom stereocenters. The van der Waals surface area contributed by atoms with E-state index in [1.54, 1.807) is 12.1 Å². The molecule has 1 aromatic carbocycles. The van der Waals surface area contributed by atoms with E-state index in [0.717, 1.165) is 6.42 Å². The number of benzene rings is 1. The van der Waals surface area contributed by atoms with E-state index in [2.05, 4.69) is 10.6 Å². The number of hydrogen-bond donors (Lipinski definition) is 2. The van der Waals surface area contributed by atoms with Gasteiger partial charge in [0.25, 0.3) is 0 Å². The predicted octanol–water partition coefficient (Wildman–Crippen LogP) is 2.99. The number of urea groups is 1. The molecule has 0 fully saturated rings. The van der Waals surface area contributed by atoms with Crippen LogP contribution in [0, 0.1) is 0 Å². The van der Waals surface area contributed by atoms with Crippen LogP contribution < -0.4 is 20.1 Å². The normalized spacial score (nSPS) is 14.2. The molecule has 1 unspecified atom stereocenters. The predicted molar refractivity (Wildman–Crippen MR) is 69.5 cm³/mol. The molecule has 0 saturated heterocycles. The van der Waals surface area contributed by atoms with E-state index >= 15 is 0 Å². The third-order valence-corrected chi connectivity index (χ3v) is 3.01. The Balaban J connectivity index is 2.07. The first-order chi connectivity index (χ1) is 8.60. The molecule has 0 aliphatic carbocycles. The molecule has 2 amide bonds. The van der Waals surface area contributed by atoms with Crippen LogP contribution in [0.25, 0.3) is 0 Å². The fraction of sp³-hybridized carbons (Fsp3) is 0.417. The smallest absolute Gasteiger partial charge is 0.319 e. The molecule has 0 radical (unpaired) electrons. The molecule has 5 nitrogen and oxygen atoms in total. The minimum absolute atomic E-state index is 0.109. The van der Waals surface area contributed by atoms with Crippen LogP contribution >= 0.6 is 11.6 Å². The summed E-state index contributed by atoms with van der Waals surface area (Å²) in [6.45, 7) is 4.10.